The first-order valence-electron chi connectivity index (χ1n) is 6.63. The van der Waals surface area contributed by atoms with Crippen LogP contribution in [0, 0.1) is 23.5 Å². The van der Waals surface area contributed by atoms with Gasteiger partial charge in [0.25, 0.3) is 0 Å². The molecule has 0 saturated carbocycles. The van der Waals surface area contributed by atoms with Gasteiger partial charge in [0.1, 0.15) is 0 Å². The summed E-state index contributed by atoms with van der Waals surface area (Å²) in [4.78, 5) is 0. The molecule has 0 aliphatic rings. The molecule has 3 heteroatoms. The van der Waals surface area contributed by atoms with Gasteiger partial charge in [0.2, 0.25) is 0 Å². The van der Waals surface area contributed by atoms with Crippen molar-refractivity contribution in [3.63, 3.8) is 0 Å². The fourth-order valence-corrected chi connectivity index (χ4v) is 1.91. The minimum absolute atomic E-state index is 0.467. The quantitative estimate of drug-likeness (QED) is 0.731. The Balaban J connectivity index is 2.31. The molecule has 18 heavy (non-hydrogen) atoms. The molecule has 0 saturated heterocycles. The lowest BCUT2D eigenvalue weighted by atomic mass is 9.98. The van der Waals surface area contributed by atoms with Crippen molar-refractivity contribution in [3.8, 4) is 0 Å². The maximum atomic E-state index is 13.0. The topological polar surface area (TPSA) is 12.0 Å². The van der Waals surface area contributed by atoms with Gasteiger partial charge >= 0.3 is 0 Å². The van der Waals surface area contributed by atoms with Crippen LogP contribution in [0.3, 0.4) is 0 Å². The zero-order valence-corrected chi connectivity index (χ0v) is 11.5. The van der Waals surface area contributed by atoms with E-state index in [0.717, 1.165) is 31.5 Å². The Hall–Kier alpha value is -0.960. The average Bonchev–Trinajstić information content (AvgIpc) is 2.29. The highest BCUT2D eigenvalue weighted by Gasteiger charge is 2.07. The Bertz CT molecular complexity index is 364. The van der Waals surface area contributed by atoms with Crippen molar-refractivity contribution in [2.24, 2.45) is 11.8 Å². The van der Waals surface area contributed by atoms with Crippen molar-refractivity contribution in [2.75, 3.05) is 13.1 Å². The summed E-state index contributed by atoms with van der Waals surface area (Å²) >= 11 is 0. The third-order valence-corrected chi connectivity index (χ3v) is 2.93. The molecule has 0 aromatic heterocycles. The molecule has 0 fully saturated rings. The summed E-state index contributed by atoms with van der Waals surface area (Å²) in [6.07, 6.45) is 1.84. The van der Waals surface area contributed by atoms with Crippen LogP contribution in [0.25, 0.3) is 0 Å². The zero-order chi connectivity index (χ0) is 13.5. The van der Waals surface area contributed by atoms with Crippen molar-refractivity contribution in [3.05, 3.63) is 35.4 Å². The number of halogens is 2. The van der Waals surface area contributed by atoms with Gasteiger partial charge in [-0.15, -0.1) is 0 Å². The van der Waals surface area contributed by atoms with Crippen LogP contribution in [0.15, 0.2) is 18.2 Å². The SMILES string of the molecule is CC(C)CNCCC(C)Cc1ccc(F)c(F)c1. The van der Waals surface area contributed by atoms with Gasteiger partial charge in [-0.2, -0.15) is 0 Å². The minimum Gasteiger partial charge on any atom is -0.316 e. The van der Waals surface area contributed by atoms with E-state index in [2.05, 4.69) is 26.1 Å². The summed E-state index contributed by atoms with van der Waals surface area (Å²) in [5.41, 5.74) is 0.866. The highest BCUT2D eigenvalue weighted by atomic mass is 19.2. The molecule has 1 aromatic carbocycles. The van der Waals surface area contributed by atoms with E-state index in [4.69, 9.17) is 0 Å². The molecular weight excluding hydrogens is 232 g/mol. The summed E-state index contributed by atoms with van der Waals surface area (Å²) in [5, 5.41) is 3.39. The lowest BCUT2D eigenvalue weighted by Gasteiger charge is -2.13. The van der Waals surface area contributed by atoms with Crippen LogP contribution in [0.5, 0.6) is 0 Å². The van der Waals surface area contributed by atoms with Gasteiger partial charge in [0.05, 0.1) is 0 Å². The molecular formula is C15H23F2N. The first-order chi connectivity index (χ1) is 8.49. The largest absolute Gasteiger partial charge is 0.316 e. The third kappa shape index (κ3) is 5.58. The predicted molar refractivity (Wildman–Crippen MR) is 71.6 cm³/mol. The van der Waals surface area contributed by atoms with Crippen molar-refractivity contribution in [2.45, 2.75) is 33.6 Å². The van der Waals surface area contributed by atoms with E-state index >= 15 is 0 Å². The molecule has 1 rings (SSSR count). The monoisotopic (exact) mass is 255 g/mol. The number of rotatable bonds is 7. The maximum absolute atomic E-state index is 13.0. The van der Waals surface area contributed by atoms with Gasteiger partial charge in [0, 0.05) is 0 Å². The second kappa shape index (κ2) is 7.47. The summed E-state index contributed by atoms with van der Waals surface area (Å²) in [6.45, 7) is 8.49. The Morgan fingerprint density at radius 1 is 1.11 bits per heavy atom. The molecule has 1 aromatic rings. The van der Waals surface area contributed by atoms with Crippen molar-refractivity contribution in [1.82, 2.24) is 5.32 Å². The highest BCUT2D eigenvalue weighted by molar-refractivity contribution is 5.18. The molecule has 102 valence electrons. The second-order valence-corrected chi connectivity index (χ2v) is 5.44. The number of hydrogen-bond donors (Lipinski definition) is 1. The van der Waals surface area contributed by atoms with Gasteiger partial charge in [-0.05, 0) is 55.5 Å². The molecule has 1 N–H and O–H groups in total. The molecule has 0 bridgehead atoms. The first kappa shape index (κ1) is 15.1. The van der Waals surface area contributed by atoms with Crippen LogP contribution in [0.2, 0.25) is 0 Å². The molecule has 0 aliphatic carbocycles. The fraction of sp³-hybridized carbons (Fsp3) is 0.600. The van der Waals surface area contributed by atoms with E-state index in [1.54, 1.807) is 6.07 Å². The molecule has 0 heterocycles. The third-order valence-electron chi connectivity index (χ3n) is 2.93. The van der Waals surface area contributed by atoms with E-state index in [1.165, 1.54) is 12.1 Å². The second-order valence-electron chi connectivity index (χ2n) is 5.44. The van der Waals surface area contributed by atoms with Gasteiger partial charge in [-0.3, -0.25) is 0 Å². The number of benzene rings is 1. The zero-order valence-electron chi connectivity index (χ0n) is 11.5. The van der Waals surface area contributed by atoms with E-state index < -0.39 is 11.6 Å². The van der Waals surface area contributed by atoms with Crippen molar-refractivity contribution < 1.29 is 8.78 Å². The van der Waals surface area contributed by atoms with E-state index in [9.17, 15) is 8.78 Å². The number of hydrogen-bond acceptors (Lipinski definition) is 1. The van der Waals surface area contributed by atoms with Crippen LogP contribution < -0.4 is 5.32 Å². The Morgan fingerprint density at radius 2 is 1.83 bits per heavy atom. The minimum atomic E-state index is -0.773. The fourth-order valence-electron chi connectivity index (χ4n) is 1.91. The molecule has 0 radical (unpaired) electrons. The number of nitrogens with one attached hydrogen (secondary N) is 1. The van der Waals surface area contributed by atoms with Crippen LogP contribution in [-0.2, 0) is 6.42 Å². The lowest BCUT2D eigenvalue weighted by molar-refractivity contribution is 0.470. The molecule has 1 atom stereocenters. The van der Waals surface area contributed by atoms with Crippen LogP contribution in [-0.4, -0.2) is 13.1 Å². The Morgan fingerprint density at radius 3 is 2.44 bits per heavy atom. The molecule has 0 aliphatic heterocycles. The Labute approximate surface area is 109 Å². The van der Waals surface area contributed by atoms with Gasteiger partial charge < -0.3 is 5.32 Å². The molecule has 1 unspecified atom stereocenters. The lowest BCUT2D eigenvalue weighted by Crippen LogP contribution is -2.22. The van der Waals surface area contributed by atoms with E-state index in [-0.39, 0.29) is 0 Å². The normalized spacial score (nSPS) is 13.0. The average molecular weight is 255 g/mol. The molecule has 0 amide bonds. The van der Waals surface area contributed by atoms with Crippen LogP contribution >= 0.6 is 0 Å². The van der Waals surface area contributed by atoms with Crippen molar-refractivity contribution in [1.29, 1.82) is 0 Å². The smallest absolute Gasteiger partial charge is 0.159 e. The van der Waals surface area contributed by atoms with Crippen LogP contribution in [0.4, 0.5) is 8.78 Å². The van der Waals surface area contributed by atoms with Gasteiger partial charge in [0.15, 0.2) is 11.6 Å². The van der Waals surface area contributed by atoms with Gasteiger partial charge in [-0.25, -0.2) is 8.78 Å². The summed E-state index contributed by atoms with van der Waals surface area (Å²) in [5.74, 6) is -0.399. The maximum Gasteiger partial charge on any atom is 0.159 e. The van der Waals surface area contributed by atoms with E-state index in [1.807, 2.05) is 0 Å². The standard InChI is InChI=1S/C15H23F2N/c1-11(2)10-18-7-6-12(3)8-13-4-5-14(16)15(17)9-13/h4-5,9,11-12,18H,6-8,10H2,1-3H3. The highest BCUT2D eigenvalue weighted by Crippen LogP contribution is 2.14. The predicted octanol–water partition coefficient (Wildman–Crippen LogP) is 3.78. The molecule has 0 spiro atoms. The van der Waals surface area contributed by atoms with Crippen molar-refractivity contribution >= 4 is 0 Å². The van der Waals surface area contributed by atoms with E-state index in [0.29, 0.717) is 11.8 Å². The summed E-state index contributed by atoms with van der Waals surface area (Å²) in [7, 11) is 0. The first-order valence-corrected chi connectivity index (χ1v) is 6.63. The summed E-state index contributed by atoms with van der Waals surface area (Å²) < 4.78 is 25.8. The Kier molecular flexibility index (Phi) is 6.27. The van der Waals surface area contributed by atoms with Gasteiger partial charge in [-0.1, -0.05) is 26.8 Å². The summed E-state index contributed by atoms with van der Waals surface area (Å²) in [6, 6.07) is 4.16. The molecule has 1 nitrogen and oxygen atoms in total. The van der Waals surface area contributed by atoms with Crippen LogP contribution in [0.1, 0.15) is 32.8 Å².